The summed E-state index contributed by atoms with van der Waals surface area (Å²) in [6.45, 7) is 3.78. The van der Waals surface area contributed by atoms with Gasteiger partial charge in [-0.3, -0.25) is 9.59 Å². The van der Waals surface area contributed by atoms with Gasteiger partial charge in [-0.15, -0.1) is 0 Å². The minimum absolute atomic E-state index is 0.159. The molecule has 33 heavy (non-hydrogen) atoms. The zero-order chi connectivity index (χ0) is 23.2. The lowest BCUT2D eigenvalue weighted by Crippen LogP contribution is -2.28. The second-order valence-electron chi connectivity index (χ2n) is 7.48. The van der Waals surface area contributed by atoms with Crippen LogP contribution in [-0.4, -0.2) is 25.7 Å². The first kappa shape index (κ1) is 21.7. The highest BCUT2D eigenvalue weighted by Gasteiger charge is 2.07. The third-order valence-corrected chi connectivity index (χ3v) is 4.68. The molecule has 0 atom stereocenters. The number of aryl methyl sites for hydroxylation is 2. The van der Waals surface area contributed by atoms with Gasteiger partial charge in [-0.05, 0) is 56.3 Å². The fraction of sp³-hybridized carbons (Fsp3) is 0.125. The molecule has 4 aromatic rings. The van der Waals surface area contributed by atoms with Crippen LogP contribution in [0.25, 0.3) is 0 Å². The third kappa shape index (κ3) is 6.01. The second-order valence-corrected chi connectivity index (χ2v) is 7.48. The van der Waals surface area contributed by atoms with Crippen LogP contribution in [0.2, 0.25) is 0 Å². The minimum atomic E-state index is -0.342. The number of nitrogens with one attached hydrogen (secondary N) is 3. The molecule has 0 unspecified atom stereocenters. The molecule has 2 heterocycles. The van der Waals surface area contributed by atoms with Crippen molar-refractivity contribution in [3.63, 3.8) is 0 Å². The van der Waals surface area contributed by atoms with Crippen LogP contribution in [0.5, 0.6) is 0 Å². The van der Waals surface area contributed by atoms with E-state index >= 15 is 0 Å². The fourth-order valence-electron chi connectivity index (χ4n) is 3.08. The first-order valence-electron chi connectivity index (χ1n) is 10.3. The van der Waals surface area contributed by atoms with E-state index in [4.69, 9.17) is 0 Å². The van der Waals surface area contributed by atoms with Gasteiger partial charge in [0.25, 0.3) is 5.56 Å². The molecule has 0 aliphatic heterocycles. The number of amides is 1. The van der Waals surface area contributed by atoms with Crippen LogP contribution in [0.3, 0.4) is 0 Å². The van der Waals surface area contributed by atoms with Gasteiger partial charge < -0.3 is 16.0 Å². The normalized spacial score (nSPS) is 10.5. The van der Waals surface area contributed by atoms with Gasteiger partial charge >= 0.3 is 0 Å². The monoisotopic (exact) mass is 441 g/mol. The Kier molecular flexibility index (Phi) is 6.40. The van der Waals surface area contributed by atoms with E-state index in [1.54, 1.807) is 24.3 Å². The molecule has 0 saturated heterocycles. The smallest absolute Gasteiger partial charge is 0.267 e. The van der Waals surface area contributed by atoms with Gasteiger partial charge in [0, 0.05) is 41.1 Å². The Labute approximate surface area is 190 Å². The Morgan fingerprint density at radius 2 is 1.55 bits per heavy atom. The minimum Gasteiger partial charge on any atom is -0.340 e. The lowest BCUT2D eigenvalue weighted by Gasteiger charge is -2.11. The van der Waals surface area contributed by atoms with Crippen molar-refractivity contribution in [3.05, 3.63) is 94.5 Å². The molecular formula is C24H23N7O2. The molecule has 0 aliphatic carbocycles. The maximum absolute atomic E-state index is 12.2. The van der Waals surface area contributed by atoms with Gasteiger partial charge in [0.15, 0.2) is 0 Å². The van der Waals surface area contributed by atoms with Gasteiger partial charge in [0.1, 0.15) is 12.4 Å². The lowest BCUT2D eigenvalue weighted by atomic mass is 10.2. The molecule has 9 nitrogen and oxygen atoms in total. The van der Waals surface area contributed by atoms with Crippen molar-refractivity contribution in [2.45, 2.75) is 20.4 Å². The fourth-order valence-corrected chi connectivity index (χ4v) is 3.08. The van der Waals surface area contributed by atoms with E-state index in [0.717, 1.165) is 21.8 Å². The first-order valence-corrected chi connectivity index (χ1v) is 10.3. The highest BCUT2D eigenvalue weighted by molar-refractivity contribution is 5.90. The molecule has 0 bridgehead atoms. The Morgan fingerprint density at radius 3 is 2.27 bits per heavy atom. The van der Waals surface area contributed by atoms with Crippen LogP contribution in [0.1, 0.15) is 11.3 Å². The average molecular weight is 441 g/mol. The zero-order valence-corrected chi connectivity index (χ0v) is 18.2. The molecule has 2 aromatic heterocycles. The number of anilines is 5. The predicted octanol–water partition coefficient (Wildman–Crippen LogP) is 3.78. The average Bonchev–Trinajstić information content (AvgIpc) is 2.78. The van der Waals surface area contributed by atoms with Crippen molar-refractivity contribution in [1.29, 1.82) is 0 Å². The van der Waals surface area contributed by atoms with Gasteiger partial charge in [-0.1, -0.05) is 17.7 Å². The molecule has 4 rings (SSSR count). The van der Waals surface area contributed by atoms with Crippen LogP contribution < -0.4 is 21.5 Å². The summed E-state index contributed by atoms with van der Waals surface area (Å²) in [5.41, 5.74) is 3.98. The van der Waals surface area contributed by atoms with Crippen LogP contribution >= 0.6 is 0 Å². The summed E-state index contributed by atoms with van der Waals surface area (Å²) in [6.07, 6.45) is 1.46. The second kappa shape index (κ2) is 9.73. The number of carbonyl (C=O) groups excluding carboxylic acids is 1. The summed E-state index contributed by atoms with van der Waals surface area (Å²) in [4.78, 5) is 32.9. The number of rotatable bonds is 7. The quantitative estimate of drug-likeness (QED) is 0.400. The standard InChI is InChI=1S/C24H23N7O2/c1-16-5-7-18(8-6-16)27-21-14-17(2)26-24(30-21)29-20-11-9-19(10-12-20)28-22(32)15-31-23(33)4-3-13-25-31/h3-14H,15H2,1-2H3,(H,28,32)(H2,26,27,29,30). The van der Waals surface area contributed by atoms with Gasteiger partial charge in [0.05, 0.1) is 0 Å². The summed E-state index contributed by atoms with van der Waals surface area (Å²) in [7, 11) is 0. The van der Waals surface area contributed by atoms with Crippen molar-refractivity contribution in [2.75, 3.05) is 16.0 Å². The van der Waals surface area contributed by atoms with Crippen LogP contribution in [0.4, 0.5) is 28.8 Å². The Balaban J connectivity index is 1.39. The van der Waals surface area contributed by atoms with Crippen LogP contribution in [0, 0.1) is 13.8 Å². The SMILES string of the molecule is Cc1ccc(Nc2cc(C)nc(Nc3ccc(NC(=O)Cn4ncccc4=O)cc3)n2)cc1. The number of hydrogen-bond donors (Lipinski definition) is 3. The van der Waals surface area contributed by atoms with Gasteiger partial charge in [-0.2, -0.15) is 10.1 Å². The Bertz CT molecular complexity index is 1320. The van der Waals surface area contributed by atoms with Crippen molar-refractivity contribution in [2.24, 2.45) is 0 Å². The molecule has 3 N–H and O–H groups in total. The van der Waals surface area contributed by atoms with E-state index in [1.807, 2.05) is 44.2 Å². The molecule has 0 aliphatic rings. The number of benzene rings is 2. The van der Waals surface area contributed by atoms with Crippen LogP contribution in [0.15, 0.2) is 77.7 Å². The molecule has 2 aromatic carbocycles. The first-order chi connectivity index (χ1) is 15.9. The van der Waals surface area contributed by atoms with Crippen molar-refractivity contribution >= 4 is 34.7 Å². The van der Waals surface area contributed by atoms with Crippen LogP contribution in [-0.2, 0) is 11.3 Å². The van der Waals surface area contributed by atoms with Crippen molar-refractivity contribution in [1.82, 2.24) is 19.7 Å². The molecule has 1 amide bonds. The Hall–Kier alpha value is -4.53. The lowest BCUT2D eigenvalue weighted by molar-refractivity contribution is -0.117. The van der Waals surface area contributed by atoms with E-state index in [2.05, 4.69) is 31.0 Å². The van der Waals surface area contributed by atoms with Crippen molar-refractivity contribution in [3.8, 4) is 0 Å². The molecule has 0 spiro atoms. The molecule has 0 radical (unpaired) electrons. The molecular weight excluding hydrogens is 418 g/mol. The zero-order valence-electron chi connectivity index (χ0n) is 18.2. The Morgan fingerprint density at radius 1 is 0.879 bits per heavy atom. The van der Waals surface area contributed by atoms with E-state index in [0.29, 0.717) is 17.5 Å². The topological polar surface area (TPSA) is 114 Å². The number of hydrogen-bond acceptors (Lipinski definition) is 7. The number of nitrogens with zero attached hydrogens (tertiary/aromatic N) is 4. The molecule has 9 heteroatoms. The summed E-state index contributed by atoms with van der Waals surface area (Å²) in [6, 6.07) is 19.9. The number of aromatic nitrogens is 4. The molecule has 166 valence electrons. The predicted molar refractivity (Wildman–Crippen MR) is 128 cm³/mol. The van der Waals surface area contributed by atoms with E-state index in [1.165, 1.54) is 23.9 Å². The third-order valence-electron chi connectivity index (χ3n) is 4.68. The summed E-state index contributed by atoms with van der Waals surface area (Å²) in [5, 5.41) is 13.1. The van der Waals surface area contributed by atoms with Crippen molar-refractivity contribution < 1.29 is 4.79 Å². The van der Waals surface area contributed by atoms with E-state index in [-0.39, 0.29) is 18.0 Å². The van der Waals surface area contributed by atoms with E-state index in [9.17, 15) is 9.59 Å². The van der Waals surface area contributed by atoms with Gasteiger partial charge in [0.2, 0.25) is 11.9 Å². The maximum atomic E-state index is 12.2. The highest BCUT2D eigenvalue weighted by atomic mass is 16.2. The van der Waals surface area contributed by atoms with Gasteiger partial charge in [-0.25, -0.2) is 9.67 Å². The summed E-state index contributed by atoms with van der Waals surface area (Å²) >= 11 is 0. The number of carbonyl (C=O) groups is 1. The summed E-state index contributed by atoms with van der Waals surface area (Å²) < 4.78 is 1.10. The molecule has 0 fully saturated rings. The van der Waals surface area contributed by atoms with E-state index < -0.39 is 0 Å². The molecule has 0 saturated carbocycles. The largest absolute Gasteiger partial charge is 0.340 e. The maximum Gasteiger partial charge on any atom is 0.267 e. The highest BCUT2D eigenvalue weighted by Crippen LogP contribution is 2.20. The summed E-state index contributed by atoms with van der Waals surface area (Å²) in [5.74, 6) is 0.795.